The zero-order chi connectivity index (χ0) is 22.9. The van der Waals surface area contributed by atoms with Gasteiger partial charge >= 0.3 is 18.3 Å². The first-order valence-electron chi connectivity index (χ1n) is 7.81. The highest BCUT2D eigenvalue weighted by Crippen LogP contribution is 2.40. The Morgan fingerprint density at radius 3 is 2.23 bits per heavy atom. The zero-order valence-electron chi connectivity index (χ0n) is 14.4. The van der Waals surface area contributed by atoms with Crippen LogP contribution >= 0.6 is 11.6 Å². The molecular formula is C17H10ClF6NO5. The standard InChI is InChI=1S/C17H10ClF6NO5/c18-12-5-8(17(22,23)24)1-4-14(12)30-9-2-3-13(25(28)29)10(6-9)11(15(26)27)7-16(19,20)21/h1-6,11H,7H2,(H,26,27). The normalized spacial score (nSPS) is 13.0. The van der Waals surface area contributed by atoms with Gasteiger partial charge < -0.3 is 9.84 Å². The highest BCUT2D eigenvalue weighted by atomic mass is 35.5. The summed E-state index contributed by atoms with van der Waals surface area (Å²) in [5.74, 6) is -4.95. The van der Waals surface area contributed by atoms with Crippen LogP contribution in [0.25, 0.3) is 0 Å². The quantitative estimate of drug-likeness (QED) is 0.318. The zero-order valence-corrected chi connectivity index (χ0v) is 15.2. The molecule has 0 aliphatic carbocycles. The Morgan fingerprint density at radius 2 is 1.77 bits per heavy atom. The number of alkyl halides is 6. The minimum atomic E-state index is -4.94. The summed E-state index contributed by atoms with van der Waals surface area (Å²) in [5, 5.41) is 19.8. The Hall–Kier alpha value is -3.02. The van der Waals surface area contributed by atoms with E-state index in [9.17, 15) is 41.3 Å². The number of hydrogen-bond donors (Lipinski definition) is 1. The van der Waals surface area contributed by atoms with Gasteiger partial charge in [0.2, 0.25) is 0 Å². The van der Waals surface area contributed by atoms with E-state index in [1.165, 1.54) is 0 Å². The number of ether oxygens (including phenoxy) is 1. The average Bonchev–Trinajstić information content (AvgIpc) is 2.59. The molecule has 0 saturated heterocycles. The van der Waals surface area contributed by atoms with Crippen molar-refractivity contribution in [2.75, 3.05) is 0 Å². The maximum absolute atomic E-state index is 12.7. The van der Waals surface area contributed by atoms with E-state index in [0.29, 0.717) is 18.2 Å². The molecule has 1 N–H and O–H groups in total. The van der Waals surface area contributed by atoms with Gasteiger partial charge in [0.15, 0.2) is 0 Å². The van der Waals surface area contributed by atoms with E-state index in [1.54, 1.807) is 0 Å². The van der Waals surface area contributed by atoms with Gasteiger partial charge in [0, 0.05) is 11.6 Å². The highest BCUT2D eigenvalue weighted by molar-refractivity contribution is 6.32. The molecule has 2 rings (SSSR count). The Labute approximate surface area is 168 Å². The second-order valence-corrected chi connectivity index (χ2v) is 6.34. The van der Waals surface area contributed by atoms with Crippen LogP contribution in [0.5, 0.6) is 11.5 Å². The van der Waals surface area contributed by atoms with Crippen molar-refractivity contribution in [1.29, 1.82) is 0 Å². The van der Waals surface area contributed by atoms with Crippen molar-refractivity contribution in [1.82, 2.24) is 0 Å². The van der Waals surface area contributed by atoms with Gasteiger partial charge in [-0.1, -0.05) is 11.6 Å². The van der Waals surface area contributed by atoms with Crippen molar-refractivity contribution >= 4 is 23.3 Å². The van der Waals surface area contributed by atoms with E-state index in [1.807, 2.05) is 0 Å². The van der Waals surface area contributed by atoms with Crippen molar-refractivity contribution in [2.45, 2.75) is 24.7 Å². The van der Waals surface area contributed by atoms with Crippen LogP contribution in [0.3, 0.4) is 0 Å². The molecule has 13 heteroatoms. The number of aliphatic carboxylic acids is 1. The van der Waals surface area contributed by atoms with Crippen LogP contribution in [-0.2, 0) is 11.0 Å². The summed E-state index contributed by atoms with van der Waals surface area (Å²) in [6, 6.07) is 4.41. The molecule has 1 atom stereocenters. The van der Waals surface area contributed by atoms with Crippen LogP contribution in [0.15, 0.2) is 36.4 Å². The molecule has 0 bridgehead atoms. The SMILES string of the molecule is O=C(O)C(CC(F)(F)F)c1cc(Oc2ccc(C(F)(F)F)cc2Cl)ccc1[N+](=O)[O-]. The summed E-state index contributed by atoms with van der Waals surface area (Å²) < 4.78 is 81.5. The number of nitro benzene ring substituents is 1. The summed E-state index contributed by atoms with van der Waals surface area (Å²) in [6.07, 6.45) is -11.5. The van der Waals surface area contributed by atoms with E-state index in [-0.39, 0.29) is 11.5 Å². The molecule has 0 amide bonds. The predicted octanol–water partition coefficient (Wildman–Crippen LogP) is 6.18. The van der Waals surface area contributed by atoms with Crippen LogP contribution in [0.4, 0.5) is 32.0 Å². The lowest BCUT2D eigenvalue weighted by Crippen LogP contribution is -2.21. The molecule has 30 heavy (non-hydrogen) atoms. The van der Waals surface area contributed by atoms with Gasteiger partial charge in [0.25, 0.3) is 5.69 Å². The molecule has 0 heterocycles. The van der Waals surface area contributed by atoms with Gasteiger partial charge in [0.1, 0.15) is 11.5 Å². The number of benzene rings is 2. The molecule has 162 valence electrons. The summed E-state index contributed by atoms with van der Waals surface area (Å²) in [4.78, 5) is 21.4. The number of halogens is 7. The molecule has 6 nitrogen and oxygen atoms in total. The third kappa shape index (κ3) is 5.75. The van der Waals surface area contributed by atoms with Gasteiger partial charge in [-0.25, -0.2) is 0 Å². The van der Waals surface area contributed by atoms with Crippen molar-refractivity contribution in [3.05, 3.63) is 62.7 Å². The monoisotopic (exact) mass is 457 g/mol. The number of hydrogen-bond acceptors (Lipinski definition) is 4. The Bertz CT molecular complexity index is 976. The van der Waals surface area contributed by atoms with E-state index < -0.39 is 57.4 Å². The number of rotatable bonds is 6. The molecule has 0 spiro atoms. The lowest BCUT2D eigenvalue weighted by Gasteiger charge is -2.17. The van der Waals surface area contributed by atoms with Crippen molar-refractivity contribution in [2.24, 2.45) is 0 Å². The highest BCUT2D eigenvalue weighted by Gasteiger charge is 2.39. The molecule has 0 radical (unpaired) electrons. The van der Waals surface area contributed by atoms with Crippen molar-refractivity contribution < 1.29 is 45.9 Å². The third-order valence-corrected chi connectivity index (χ3v) is 4.09. The van der Waals surface area contributed by atoms with Crippen LogP contribution in [0, 0.1) is 10.1 Å². The topological polar surface area (TPSA) is 89.7 Å². The minimum Gasteiger partial charge on any atom is -0.481 e. The first-order chi connectivity index (χ1) is 13.7. The smallest absolute Gasteiger partial charge is 0.416 e. The molecule has 0 aliphatic rings. The number of carbonyl (C=O) groups is 1. The molecule has 1 unspecified atom stereocenters. The van der Waals surface area contributed by atoms with Crippen molar-refractivity contribution in [3.8, 4) is 11.5 Å². The summed E-state index contributed by atoms with van der Waals surface area (Å²) in [6.45, 7) is 0. The Kier molecular flexibility index (Phi) is 6.50. The number of carboxylic acids is 1. The maximum Gasteiger partial charge on any atom is 0.416 e. The number of nitrogens with zero attached hydrogens (tertiary/aromatic N) is 1. The average molecular weight is 458 g/mol. The van der Waals surface area contributed by atoms with Gasteiger partial charge in [-0.15, -0.1) is 0 Å². The molecule has 2 aromatic carbocycles. The molecule has 0 fully saturated rings. The fourth-order valence-electron chi connectivity index (χ4n) is 2.49. The van der Waals surface area contributed by atoms with E-state index >= 15 is 0 Å². The van der Waals surface area contributed by atoms with Gasteiger partial charge in [-0.05, 0) is 30.3 Å². The Morgan fingerprint density at radius 1 is 1.13 bits per heavy atom. The van der Waals surface area contributed by atoms with Gasteiger partial charge in [-0.2, -0.15) is 26.3 Å². The van der Waals surface area contributed by atoms with Crippen LogP contribution < -0.4 is 4.74 Å². The fraction of sp³-hybridized carbons (Fsp3) is 0.235. The first-order valence-corrected chi connectivity index (χ1v) is 8.19. The third-order valence-electron chi connectivity index (χ3n) is 3.79. The molecule has 0 aliphatic heterocycles. The van der Waals surface area contributed by atoms with E-state index in [0.717, 1.165) is 18.2 Å². The van der Waals surface area contributed by atoms with E-state index in [2.05, 4.69) is 0 Å². The lowest BCUT2D eigenvalue weighted by molar-refractivity contribution is -0.385. The van der Waals surface area contributed by atoms with Crippen LogP contribution in [0.2, 0.25) is 5.02 Å². The van der Waals surface area contributed by atoms with Crippen LogP contribution in [0.1, 0.15) is 23.5 Å². The number of carboxylic acid groups (broad SMARTS) is 1. The maximum atomic E-state index is 12.7. The molecule has 2 aromatic rings. The van der Waals surface area contributed by atoms with Crippen LogP contribution in [-0.4, -0.2) is 22.2 Å². The van der Waals surface area contributed by atoms with Gasteiger partial charge in [0.05, 0.1) is 27.8 Å². The molecular weight excluding hydrogens is 448 g/mol. The lowest BCUT2D eigenvalue weighted by atomic mass is 9.93. The largest absolute Gasteiger partial charge is 0.481 e. The Balaban J connectivity index is 2.47. The van der Waals surface area contributed by atoms with E-state index in [4.69, 9.17) is 21.4 Å². The molecule has 0 aromatic heterocycles. The predicted molar refractivity (Wildman–Crippen MR) is 90.7 cm³/mol. The second kappa shape index (κ2) is 8.38. The minimum absolute atomic E-state index is 0.327. The van der Waals surface area contributed by atoms with Crippen molar-refractivity contribution in [3.63, 3.8) is 0 Å². The summed E-state index contributed by atoms with van der Waals surface area (Å²) in [5.41, 5.74) is -2.76. The summed E-state index contributed by atoms with van der Waals surface area (Å²) in [7, 11) is 0. The number of nitro groups is 1. The van der Waals surface area contributed by atoms with Gasteiger partial charge in [-0.3, -0.25) is 14.9 Å². The second-order valence-electron chi connectivity index (χ2n) is 5.93. The summed E-state index contributed by atoms with van der Waals surface area (Å²) >= 11 is 5.73. The fourth-order valence-corrected chi connectivity index (χ4v) is 2.71. The molecule has 0 saturated carbocycles. The first kappa shape index (κ1) is 23.3.